The van der Waals surface area contributed by atoms with Gasteiger partial charge in [-0.05, 0) is 6.07 Å². The van der Waals surface area contributed by atoms with Crippen LogP contribution in [0.4, 0.5) is 0 Å². The van der Waals surface area contributed by atoms with Gasteiger partial charge in [0.1, 0.15) is 10.7 Å². The van der Waals surface area contributed by atoms with Gasteiger partial charge in [0.2, 0.25) is 0 Å². The molecule has 0 amide bonds. The van der Waals surface area contributed by atoms with E-state index in [-0.39, 0.29) is 5.69 Å². The normalized spacial score (nSPS) is 25.9. The molecule has 3 heterocycles. The fourth-order valence-corrected chi connectivity index (χ4v) is 6.19. The molecule has 112 valence electrons. The van der Waals surface area contributed by atoms with Gasteiger partial charge in [0, 0.05) is 33.4 Å². The first-order valence-corrected chi connectivity index (χ1v) is 9.56. The molecule has 1 saturated heterocycles. The van der Waals surface area contributed by atoms with Gasteiger partial charge in [-0.1, -0.05) is 13.8 Å². The summed E-state index contributed by atoms with van der Waals surface area (Å²) in [6, 6.07) is 1.63. The minimum Gasteiger partial charge on any atom is -0.477 e. The van der Waals surface area contributed by atoms with Crippen LogP contribution in [-0.4, -0.2) is 37.3 Å². The Morgan fingerprint density at radius 2 is 2.24 bits per heavy atom. The fourth-order valence-electron chi connectivity index (χ4n) is 2.15. The van der Waals surface area contributed by atoms with E-state index in [0.29, 0.717) is 15.7 Å². The van der Waals surface area contributed by atoms with Gasteiger partial charge in [0.05, 0.1) is 10.9 Å². The summed E-state index contributed by atoms with van der Waals surface area (Å²) in [5.74, 6) is 0.148. The molecule has 3 atom stereocenters. The number of carboxylic acid groups (broad SMARTS) is 1. The van der Waals surface area contributed by atoms with Gasteiger partial charge in [-0.15, -0.1) is 23.1 Å². The number of thiazole rings is 1. The molecule has 3 unspecified atom stereocenters. The molecule has 4 nitrogen and oxygen atoms in total. The van der Waals surface area contributed by atoms with E-state index < -0.39 is 5.97 Å². The van der Waals surface area contributed by atoms with Gasteiger partial charge >= 0.3 is 5.97 Å². The average molecular weight is 340 g/mol. The lowest BCUT2D eigenvalue weighted by atomic mass is 10.2. The van der Waals surface area contributed by atoms with Crippen molar-refractivity contribution in [3.63, 3.8) is 0 Å². The number of nitrogens with zero attached hydrogens (tertiary/aromatic N) is 1. The molecular weight excluding hydrogens is 324 g/mol. The summed E-state index contributed by atoms with van der Waals surface area (Å²) in [5, 5.41) is 13.9. The van der Waals surface area contributed by atoms with Crippen LogP contribution in [0.2, 0.25) is 0 Å². The summed E-state index contributed by atoms with van der Waals surface area (Å²) in [4.78, 5) is 18.4. The highest BCUT2D eigenvalue weighted by molar-refractivity contribution is 8.07. The quantitative estimate of drug-likeness (QED) is 0.879. The Morgan fingerprint density at radius 1 is 1.43 bits per heavy atom. The predicted molar refractivity (Wildman–Crippen MR) is 90.6 cm³/mol. The Kier molecular flexibility index (Phi) is 4.33. The second-order valence-electron chi connectivity index (χ2n) is 5.05. The van der Waals surface area contributed by atoms with E-state index >= 15 is 0 Å². The third-order valence-electron chi connectivity index (χ3n) is 3.56. The largest absolute Gasteiger partial charge is 0.477 e. The molecule has 0 bridgehead atoms. The Morgan fingerprint density at radius 3 is 2.90 bits per heavy atom. The number of aromatic amines is 1. The van der Waals surface area contributed by atoms with Crippen LogP contribution < -0.4 is 0 Å². The molecule has 0 saturated carbocycles. The molecule has 3 rings (SSSR count). The predicted octanol–water partition coefficient (Wildman–Crippen LogP) is 4.13. The standard InChI is InChI=1S/C14H16N2O2S3/c1-7-8(2)21-12(6-19-7)13-16-11(5-20-13)9-3-10(14(17)18)15-4-9/h3-5,7-8,12,15H,6H2,1-2H3,(H,17,18). The van der Waals surface area contributed by atoms with Crippen molar-refractivity contribution in [2.24, 2.45) is 0 Å². The van der Waals surface area contributed by atoms with E-state index in [0.717, 1.165) is 22.0 Å². The maximum absolute atomic E-state index is 10.9. The number of hydrogen-bond acceptors (Lipinski definition) is 5. The van der Waals surface area contributed by atoms with Gasteiger partial charge in [-0.3, -0.25) is 0 Å². The Balaban J connectivity index is 1.78. The first-order chi connectivity index (χ1) is 10.0. The average Bonchev–Trinajstić information content (AvgIpc) is 3.09. The SMILES string of the molecule is CC1SCC(c2nc(-c3c[nH]c(C(=O)O)c3)cs2)SC1C. The zero-order valence-electron chi connectivity index (χ0n) is 11.7. The van der Waals surface area contributed by atoms with Gasteiger partial charge in [0.15, 0.2) is 0 Å². The van der Waals surface area contributed by atoms with Crippen LogP contribution in [0, 0.1) is 0 Å². The molecule has 0 aromatic carbocycles. The summed E-state index contributed by atoms with van der Waals surface area (Å²) in [5.41, 5.74) is 1.89. The van der Waals surface area contributed by atoms with Gasteiger partial charge in [0.25, 0.3) is 0 Å². The van der Waals surface area contributed by atoms with Crippen molar-refractivity contribution in [1.82, 2.24) is 9.97 Å². The fraction of sp³-hybridized carbons (Fsp3) is 0.429. The van der Waals surface area contributed by atoms with Crippen molar-refractivity contribution >= 4 is 40.8 Å². The van der Waals surface area contributed by atoms with Crippen LogP contribution in [0.1, 0.15) is 34.6 Å². The molecule has 1 aliphatic rings. The maximum atomic E-state index is 10.9. The van der Waals surface area contributed by atoms with Crippen LogP contribution >= 0.6 is 34.9 Å². The van der Waals surface area contributed by atoms with E-state index in [1.807, 2.05) is 28.9 Å². The minimum absolute atomic E-state index is 0.199. The highest BCUT2D eigenvalue weighted by Crippen LogP contribution is 2.45. The number of thioether (sulfide) groups is 2. The molecule has 2 aromatic heterocycles. The number of aromatic nitrogens is 2. The van der Waals surface area contributed by atoms with E-state index in [1.165, 1.54) is 0 Å². The molecule has 0 aliphatic carbocycles. The Bertz CT molecular complexity index is 652. The smallest absolute Gasteiger partial charge is 0.352 e. The van der Waals surface area contributed by atoms with Gasteiger partial charge in [-0.25, -0.2) is 9.78 Å². The van der Waals surface area contributed by atoms with E-state index in [4.69, 9.17) is 10.1 Å². The number of hydrogen-bond donors (Lipinski definition) is 2. The molecule has 2 aromatic rings. The summed E-state index contributed by atoms with van der Waals surface area (Å²) in [6.45, 7) is 4.55. The first kappa shape index (κ1) is 15.0. The molecule has 1 fully saturated rings. The number of aromatic carboxylic acids is 1. The van der Waals surface area contributed by atoms with Crippen LogP contribution in [0.3, 0.4) is 0 Å². The Labute approximate surface area is 135 Å². The van der Waals surface area contributed by atoms with Crippen LogP contribution in [0.15, 0.2) is 17.6 Å². The summed E-state index contributed by atoms with van der Waals surface area (Å²) in [6.07, 6.45) is 1.70. The van der Waals surface area contributed by atoms with Crippen molar-refractivity contribution in [2.75, 3.05) is 5.75 Å². The molecule has 21 heavy (non-hydrogen) atoms. The number of carbonyl (C=O) groups is 1. The lowest BCUT2D eigenvalue weighted by Gasteiger charge is -2.30. The van der Waals surface area contributed by atoms with Crippen molar-refractivity contribution in [3.8, 4) is 11.3 Å². The van der Waals surface area contributed by atoms with Crippen molar-refractivity contribution < 1.29 is 9.90 Å². The van der Waals surface area contributed by atoms with Crippen molar-refractivity contribution in [3.05, 3.63) is 28.3 Å². The maximum Gasteiger partial charge on any atom is 0.352 e. The number of nitrogens with one attached hydrogen (secondary N) is 1. The van der Waals surface area contributed by atoms with Crippen molar-refractivity contribution in [1.29, 1.82) is 0 Å². The number of carboxylic acids is 1. The summed E-state index contributed by atoms with van der Waals surface area (Å²) < 4.78 is 0. The third-order valence-corrected chi connectivity index (χ3v) is 8.06. The molecule has 0 radical (unpaired) electrons. The van der Waals surface area contributed by atoms with E-state index in [1.54, 1.807) is 23.6 Å². The van der Waals surface area contributed by atoms with Crippen LogP contribution in [0.25, 0.3) is 11.3 Å². The highest BCUT2D eigenvalue weighted by Gasteiger charge is 2.28. The van der Waals surface area contributed by atoms with Gasteiger partial charge < -0.3 is 10.1 Å². The van der Waals surface area contributed by atoms with Gasteiger partial charge in [-0.2, -0.15) is 11.8 Å². The molecule has 0 spiro atoms. The lowest BCUT2D eigenvalue weighted by Crippen LogP contribution is -2.21. The lowest BCUT2D eigenvalue weighted by molar-refractivity contribution is 0.0691. The monoisotopic (exact) mass is 340 g/mol. The van der Waals surface area contributed by atoms with Crippen molar-refractivity contribution in [2.45, 2.75) is 29.6 Å². The Hall–Kier alpha value is -0.920. The second-order valence-corrected chi connectivity index (χ2v) is 8.93. The topological polar surface area (TPSA) is 66.0 Å². The first-order valence-electron chi connectivity index (χ1n) is 6.69. The molecule has 1 aliphatic heterocycles. The highest BCUT2D eigenvalue weighted by atomic mass is 32.2. The van der Waals surface area contributed by atoms with Crippen LogP contribution in [0.5, 0.6) is 0 Å². The number of rotatable bonds is 3. The number of H-pyrrole nitrogens is 1. The summed E-state index contributed by atoms with van der Waals surface area (Å²) >= 11 is 5.66. The molecule has 7 heteroatoms. The second kappa shape index (κ2) is 6.06. The zero-order chi connectivity index (χ0) is 15.0. The van der Waals surface area contributed by atoms with Crippen LogP contribution in [-0.2, 0) is 0 Å². The third kappa shape index (κ3) is 3.14. The van der Waals surface area contributed by atoms with E-state index in [2.05, 4.69) is 18.8 Å². The molecular formula is C14H16N2O2S3. The molecule has 2 N–H and O–H groups in total. The summed E-state index contributed by atoms with van der Waals surface area (Å²) in [7, 11) is 0. The minimum atomic E-state index is -0.946. The zero-order valence-corrected chi connectivity index (χ0v) is 14.1. The van der Waals surface area contributed by atoms with E-state index in [9.17, 15) is 4.79 Å².